The molecule has 0 aliphatic carbocycles. The number of primary amides is 1. The SMILES string of the molecule is CCOC(=O)c1cc([N+](=O)[O-])cc(F)c1N1CC[C@@H](C(N)=O)C1. The molecule has 0 saturated carbocycles. The van der Waals surface area contributed by atoms with Crippen LogP contribution in [0.2, 0.25) is 0 Å². The Labute approximate surface area is 131 Å². The minimum Gasteiger partial charge on any atom is -0.462 e. The quantitative estimate of drug-likeness (QED) is 0.494. The minimum absolute atomic E-state index is 0.0481. The molecular formula is C14H16FN3O5. The molecule has 0 radical (unpaired) electrons. The summed E-state index contributed by atoms with van der Waals surface area (Å²) in [5, 5.41) is 10.9. The summed E-state index contributed by atoms with van der Waals surface area (Å²) in [5.41, 5.74) is 4.37. The molecule has 1 saturated heterocycles. The van der Waals surface area contributed by atoms with E-state index in [1.807, 2.05) is 0 Å². The van der Waals surface area contributed by atoms with Crippen LogP contribution in [0.1, 0.15) is 23.7 Å². The molecule has 8 nitrogen and oxygen atoms in total. The van der Waals surface area contributed by atoms with Crippen molar-refractivity contribution < 1.29 is 23.6 Å². The number of halogens is 1. The molecule has 1 aliphatic rings. The van der Waals surface area contributed by atoms with Crippen LogP contribution in [0.25, 0.3) is 0 Å². The van der Waals surface area contributed by atoms with E-state index in [-0.39, 0.29) is 24.4 Å². The highest BCUT2D eigenvalue weighted by atomic mass is 19.1. The highest BCUT2D eigenvalue weighted by Crippen LogP contribution is 2.33. The molecular weight excluding hydrogens is 309 g/mol. The molecule has 1 aliphatic heterocycles. The van der Waals surface area contributed by atoms with Crippen LogP contribution >= 0.6 is 0 Å². The lowest BCUT2D eigenvalue weighted by atomic mass is 10.1. The third-order valence-electron chi connectivity index (χ3n) is 3.66. The Balaban J connectivity index is 2.47. The van der Waals surface area contributed by atoms with E-state index in [1.54, 1.807) is 6.92 Å². The fourth-order valence-corrected chi connectivity index (χ4v) is 2.57. The Morgan fingerprint density at radius 3 is 2.74 bits per heavy atom. The average Bonchev–Trinajstić information content (AvgIpc) is 2.96. The van der Waals surface area contributed by atoms with E-state index in [0.29, 0.717) is 13.0 Å². The number of ether oxygens (including phenoxy) is 1. The summed E-state index contributed by atoms with van der Waals surface area (Å²) < 4.78 is 19.2. The van der Waals surface area contributed by atoms with Crippen molar-refractivity contribution in [1.82, 2.24) is 0 Å². The number of amides is 1. The van der Waals surface area contributed by atoms with Crippen molar-refractivity contribution in [2.45, 2.75) is 13.3 Å². The minimum atomic E-state index is -0.910. The van der Waals surface area contributed by atoms with Gasteiger partial charge in [0.05, 0.1) is 34.8 Å². The molecule has 0 unspecified atom stereocenters. The van der Waals surface area contributed by atoms with Crippen molar-refractivity contribution in [1.29, 1.82) is 0 Å². The number of carbonyl (C=O) groups is 2. The van der Waals surface area contributed by atoms with Crippen molar-refractivity contribution in [2.24, 2.45) is 11.7 Å². The first-order valence-corrected chi connectivity index (χ1v) is 7.04. The van der Waals surface area contributed by atoms with Gasteiger partial charge >= 0.3 is 5.97 Å². The van der Waals surface area contributed by atoms with Crippen molar-refractivity contribution in [3.8, 4) is 0 Å². The Morgan fingerprint density at radius 1 is 1.52 bits per heavy atom. The van der Waals surface area contributed by atoms with Crippen LogP contribution in [0.3, 0.4) is 0 Å². The second-order valence-corrected chi connectivity index (χ2v) is 5.14. The Bertz CT molecular complexity index is 664. The third-order valence-corrected chi connectivity index (χ3v) is 3.66. The number of carbonyl (C=O) groups excluding carboxylic acids is 2. The summed E-state index contributed by atoms with van der Waals surface area (Å²) in [7, 11) is 0. The molecule has 1 fully saturated rings. The van der Waals surface area contributed by atoms with E-state index in [1.165, 1.54) is 4.90 Å². The number of non-ortho nitro benzene ring substituents is 1. The number of anilines is 1. The number of hydrogen-bond donors (Lipinski definition) is 1. The summed E-state index contributed by atoms with van der Waals surface area (Å²) in [4.78, 5) is 34.9. The van der Waals surface area contributed by atoms with Crippen molar-refractivity contribution in [3.05, 3.63) is 33.6 Å². The average molecular weight is 325 g/mol. The molecule has 1 aromatic carbocycles. The van der Waals surface area contributed by atoms with Gasteiger partial charge in [-0.25, -0.2) is 9.18 Å². The van der Waals surface area contributed by atoms with E-state index >= 15 is 0 Å². The number of benzene rings is 1. The molecule has 0 spiro atoms. The van der Waals surface area contributed by atoms with Gasteiger partial charge in [0.1, 0.15) is 0 Å². The summed E-state index contributed by atoms with van der Waals surface area (Å²) in [6.45, 7) is 2.09. The zero-order valence-electron chi connectivity index (χ0n) is 12.5. The highest BCUT2D eigenvalue weighted by molar-refractivity contribution is 5.97. The molecule has 2 N–H and O–H groups in total. The van der Waals surface area contributed by atoms with Crippen LogP contribution in [-0.2, 0) is 9.53 Å². The summed E-state index contributed by atoms with van der Waals surface area (Å²) in [5.74, 6) is -2.73. The molecule has 124 valence electrons. The molecule has 1 atom stereocenters. The maximum Gasteiger partial charge on any atom is 0.340 e. The molecule has 1 aromatic rings. The van der Waals surface area contributed by atoms with Gasteiger partial charge < -0.3 is 15.4 Å². The number of nitro groups is 1. The normalized spacial score (nSPS) is 17.1. The van der Waals surface area contributed by atoms with Crippen LogP contribution in [-0.4, -0.2) is 36.5 Å². The van der Waals surface area contributed by atoms with E-state index in [4.69, 9.17) is 10.5 Å². The Morgan fingerprint density at radius 2 is 2.22 bits per heavy atom. The lowest BCUT2D eigenvalue weighted by Gasteiger charge is -2.21. The number of nitro benzene ring substituents is 1. The second kappa shape index (κ2) is 6.59. The molecule has 0 aromatic heterocycles. The highest BCUT2D eigenvalue weighted by Gasteiger charge is 2.32. The van der Waals surface area contributed by atoms with Crippen molar-refractivity contribution in [3.63, 3.8) is 0 Å². The first kappa shape index (κ1) is 16.7. The first-order valence-electron chi connectivity index (χ1n) is 7.04. The number of nitrogens with zero attached hydrogens (tertiary/aromatic N) is 2. The van der Waals surface area contributed by atoms with Gasteiger partial charge in [-0.1, -0.05) is 0 Å². The maximum atomic E-state index is 14.4. The molecule has 1 amide bonds. The molecule has 0 bridgehead atoms. The summed E-state index contributed by atoms with van der Waals surface area (Å²) >= 11 is 0. The van der Waals surface area contributed by atoms with Gasteiger partial charge in [-0.05, 0) is 13.3 Å². The standard InChI is InChI=1S/C14H16FN3O5/c1-2-23-14(20)10-5-9(18(21)22)6-11(15)12(10)17-4-3-8(7-17)13(16)19/h5-6,8H,2-4,7H2,1H3,(H2,16,19)/t8-/m1/s1. The van der Waals surface area contributed by atoms with Gasteiger partial charge in [0.2, 0.25) is 5.91 Å². The molecule has 9 heteroatoms. The molecule has 1 heterocycles. The second-order valence-electron chi connectivity index (χ2n) is 5.14. The molecule has 23 heavy (non-hydrogen) atoms. The maximum absolute atomic E-state index is 14.4. The first-order chi connectivity index (χ1) is 10.8. The monoisotopic (exact) mass is 325 g/mol. The fourth-order valence-electron chi connectivity index (χ4n) is 2.57. The predicted octanol–water partition coefficient (Wildman–Crippen LogP) is 1.22. The van der Waals surface area contributed by atoms with Gasteiger partial charge in [-0.3, -0.25) is 14.9 Å². The van der Waals surface area contributed by atoms with Crippen LogP contribution in [0, 0.1) is 21.8 Å². The Kier molecular flexibility index (Phi) is 4.77. The predicted molar refractivity (Wildman–Crippen MR) is 78.5 cm³/mol. The number of nitrogens with two attached hydrogens (primary N) is 1. The van der Waals surface area contributed by atoms with Gasteiger partial charge in [0.15, 0.2) is 5.82 Å². The molecule has 2 rings (SSSR count). The van der Waals surface area contributed by atoms with Crippen LogP contribution < -0.4 is 10.6 Å². The van der Waals surface area contributed by atoms with Gasteiger partial charge in [0.25, 0.3) is 5.69 Å². The lowest BCUT2D eigenvalue weighted by Crippen LogP contribution is -2.29. The van der Waals surface area contributed by atoms with Gasteiger partial charge in [-0.15, -0.1) is 0 Å². The third kappa shape index (κ3) is 3.38. The lowest BCUT2D eigenvalue weighted by molar-refractivity contribution is -0.385. The fraction of sp³-hybridized carbons (Fsp3) is 0.429. The van der Waals surface area contributed by atoms with E-state index in [9.17, 15) is 24.1 Å². The topological polar surface area (TPSA) is 116 Å². The Hall–Kier alpha value is -2.71. The summed E-state index contributed by atoms with van der Waals surface area (Å²) in [6.07, 6.45) is 0.425. The summed E-state index contributed by atoms with van der Waals surface area (Å²) in [6, 6.07) is 1.73. The zero-order valence-corrected chi connectivity index (χ0v) is 12.5. The number of rotatable bonds is 5. The number of hydrogen-bond acceptors (Lipinski definition) is 6. The van der Waals surface area contributed by atoms with Gasteiger partial charge in [0, 0.05) is 19.2 Å². The van der Waals surface area contributed by atoms with E-state index in [0.717, 1.165) is 12.1 Å². The van der Waals surface area contributed by atoms with Crippen molar-refractivity contribution in [2.75, 3.05) is 24.6 Å². The van der Waals surface area contributed by atoms with E-state index < -0.39 is 34.2 Å². The van der Waals surface area contributed by atoms with E-state index in [2.05, 4.69) is 0 Å². The van der Waals surface area contributed by atoms with Crippen LogP contribution in [0.5, 0.6) is 0 Å². The van der Waals surface area contributed by atoms with Crippen molar-refractivity contribution >= 4 is 23.3 Å². The zero-order chi connectivity index (χ0) is 17.1. The largest absolute Gasteiger partial charge is 0.462 e. The number of esters is 1. The van der Waals surface area contributed by atoms with Crippen LogP contribution in [0.15, 0.2) is 12.1 Å². The van der Waals surface area contributed by atoms with Crippen LogP contribution in [0.4, 0.5) is 15.8 Å². The van der Waals surface area contributed by atoms with Gasteiger partial charge in [-0.2, -0.15) is 0 Å². The smallest absolute Gasteiger partial charge is 0.340 e.